The molecule has 1 aromatic carbocycles. The summed E-state index contributed by atoms with van der Waals surface area (Å²) < 4.78 is 0. The molecule has 2 heterocycles. The normalized spacial score (nSPS) is 23.0. The molecule has 2 atom stereocenters. The summed E-state index contributed by atoms with van der Waals surface area (Å²) in [5, 5.41) is -0.959. The van der Waals surface area contributed by atoms with Gasteiger partial charge >= 0.3 is 0 Å². The number of allylic oxidation sites excluding steroid dienone is 2. The first kappa shape index (κ1) is 14.7. The molecular weight excluding hydrogens is 300 g/mol. The number of aryl methyl sites for hydroxylation is 1. The lowest BCUT2D eigenvalue weighted by Gasteiger charge is -2.26. The van der Waals surface area contributed by atoms with Gasteiger partial charge in [0.25, 0.3) is 5.24 Å². The number of amidine groups is 1. The lowest BCUT2D eigenvalue weighted by molar-refractivity contribution is -0.134. The highest BCUT2D eigenvalue weighted by molar-refractivity contribution is 6.81. The predicted molar refractivity (Wildman–Crippen MR) is 85.7 cm³/mol. The fourth-order valence-corrected chi connectivity index (χ4v) is 2.84. The molecule has 112 valence electrons. The van der Waals surface area contributed by atoms with Gasteiger partial charge in [0.15, 0.2) is 0 Å². The molecule has 2 aliphatic rings. The number of aliphatic imine (C=N–C) groups is 1. The molecule has 0 aliphatic carbocycles. The summed E-state index contributed by atoms with van der Waals surface area (Å²) >= 11 is 5.45. The number of benzene rings is 1. The van der Waals surface area contributed by atoms with Crippen molar-refractivity contribution in [3.8, 4) is 0 Å². The molecule has 0 spiro atoms. The minimum atomic E-state index is -0.959. The lowest BCUT2D eigenvalue weighted by Crippen LogP contribution is -2.42. The first-order valence-corrected chi connectivity index (χ1v) is 7.38. The number of Topliss-reactive ketones (excluding diaryl/α,β-unsaturated/α-hetero) is 1. The summed E-state index contributed by atoms with van der Waals surface area (Å²) in [6, 6.07) is 6.64. The molecule has 5 heteroatoms. The Hall–Kier alpha value is -2.20. The molecular formula is C17H15ClN2O2. The van der Waals surface area contributed by atoms with Gasteiger partial charge in [-0.1, -0.05) is 35.9 Å². The van der Waals surface area contributed by atoms with Crippen molar-refractivity contribution in [3.63, 3.8) is 0 Å². The van der Waals surface area contributed by atoms with Gasteiger partial charge < -0.3 is 4.90 Å². The molecule has 0 radical (unpaired) electrons. The highest BCUT2D eigenvalue weighted by Gasteiger charge is 2.43. The molecule has 1 aromatic rings. The molecule has 4 nitrogen and oxygen atoms in total. The molecule has 0 amide bonds. The molecule has 2 aliphatic heterocycles. The van der Waals surface area contributed by atoms with E-state index in [0.717, 1.165) is 16.7 Å². The largest absolute Gasteiger partial charge is 0.319 e. The third kappa shape index (κ3) is 2.50. The monoisotopic (exact) mass is 314 g/mol. The zero-order valence-electron chi connectivity index (χ0n) is 12.3. The van der Waals surface area contributed by atoms with Gasteiger partial charge in [0.2, 0.25) is 5.78 Å². The van der Waals surface area contributed by atoms with Crippen molar-refractivity contribution in [3.05, 3.63) is 59.3 Å². The van der Waals surface area contributed by atoms with Crippen LogP contribution in [0.5, 0.6) is 0 Å². The van der Waals surface area contributed by atoms with Crippen molar-refractivity contribution in [2.45, 2.75) is 25.9 Å². The number of halogens is 1. The summed E-state index contributed by atoms with van der Waals surface area (Å²) in [6.45, 7) is 3.92. The first-order valence-electron chi connectivity index (χ1n) is 7.00. The fourth-order valence-electron chi connectivity index (χ4n) is 2.72. The van der Waals surface area contributed by atoms with Crippen molar-refractivity contribution in [1.29, 1.82) is 0 Å². The van der Waals surface area contributed by atoms with Crippen LogP contribution in [0.15, 0.2) is 53.2 Å². The molecule has 0 saturated heterocycles. The van der Waals surface area contributed by atoms with E-state index >= 15 is 0 Å². The molecule has 22 heavy (non-hydrogen) atoms. The molecule has 0 saturated carbocycles. The maximum absolute atomic E-state index is 12.3. The standard InChI is InChI=1S/C17H15ClN2O2/c1-10-3-6-12(7-4-10)14-15(16(21)17(18)22)20-9-11(2)5-8-13(20)19-14/h3-9,14-15H,1-2H3. The molecule has 0 fully saturated rings. The van der Waals surface area contributed by atoms with Gasteiger partial charge in [-0.25, -0.2) is 0 Å². The number of hydrogen-bond donors (Lipinski definition) is 0. The Morgan fingerprint density at radius 3 is 2.45 bits per heavy atom. The molecule has 0 aromatic heterocycles. The van der Waals surface area contributed by atoms with E-state index in [-0.39, 0.29) is 0 Å². The predicted octanol–water partition coefficient (Wildman–Crippen LogP) is 2.93. The number of carbonyl (C=O) groups excluding carboxylic acids is 2. The van der Waals surface area contributed by atoms with Crippen LogP contribution < -0.4 is 0 Å². The minimum Gasteiger partial charge on any atom is -0.319 e. The topological polar surface area (TPSA) is 49.7 Å². The van der Waals surface area contributed by atoms with Crippen LogP contribution in [0.4, 0.5) is 0 Å². The average molecular weight is 315 g/mol. The second-order valence-corrected chi connectivity index (χ2v) is 5.88. The number of carbonyl (C=O) groups is 2. The second kappa shape index (κ2) is 5.54. The Bertz CT molecular complexity index is 732. The summed E-state index contributed by atoms with van der Waals surface area (Å²) in [6.07, 6.45) is 5.61. The van der Waals surface area contributed by atoms with Gasteiger partial charge in [-0.3, -0.25) is 14.6 Å². The van der Waals surface area contributed by atoms with E-state index in [1.165, 1.54) is 0 Å². The van der Waals surface area contributed by atoms with Gasteiger partial charge in [-0.05, 0) is 42.7 Å². The highest BCUT2D eigenvalue weighted by atomic mass is 35.5. The van der Waals surface area contributed by atoms with Gasteiger partial charge in [-0.2, -0.15) is 0 Å². The minimum absolute atomic E-state index is 0.433. The van der Waals surface area contributed by atoms with E-state index < -0.39 is 23.1 Å². The summed E-state index contributed by atoms with van der Waals surface area (Å²) in [7, 11) is 0. The van der Waals surface area contributed by atoms with Crippen LogP contribution in [0.1, 0.15) is 24.1 Å². The summed E-state index contributed by atoms with van der Waals surface area (Å²) in [5.74, 6) is 0.0396. The average Bonchev–Trinajstić information content (AvgIpc) is 2.85. The third-order valence-corrected chi connectivity index (χ3v) is 4.04. The van der Waals surface area contributed by atoms with Crippen LogP contribution in [0.3, 0.4) is 0 Å². The van der Waals surface area contributed by atoms with Gasteiger partial charge in [0.05, 0.1) is 0 Å². The van der Waals surface area contributed by atoms with Crippen molar-refractivity contribution in [2.75, 3.05) is 0 Å². The number of hydrogen-bond acceptors (Lipinski definition) is 4. The van der Waals surface area contributed by atoms with Crippen LogP contribution in [-0.2, 0) is 9.59 Å². The van der Waals surface area contributed by atoms with Crippen molar-refractivity contribution < 1.29 is 9.59 Å². The van der Waals surface area contributed by atoms with Crippen molar-refractivity contribution >= 4 is 28.5 Å². The molecule has 0 bridgehead atoms. The SMILES string of the molecule is CC1=CN2C(=NC(c3ccc(C)cc3)C2C(=O)C(=O)Cl)C=C1. The number of nitrogens with zero attached hydrogens (tertiary/aromatic N) is 2. The number of fused-ring (bicyclic) bond motifs is 1. The third-order valence-electron chi connectivity index (χ3n) is 3.85. The lowest BCUT2D eigenvalue weighted by atomic mass is 9.96. The maximum atomic E-state index is 12.3. The second-order valence-electron chi connectivity index (χ2n) is 5.54. The van der Waals surface area contributed by atoms with Crippen molar-refractivity contribution in [2.24, 2.45) is 4.99 Å². The van der Waals surface area contributed by atoms with E-state index in [9.17, 15) is 9.59 Å². The Labute approximate surface area is 133 Å². The molecule has 0 N–H and O–H groups in total. The fraction of sp³-hybridized carbons (Fsp3) is 0.235. The Morgan fingerprint density at radius 1 is 1.14 bits per heavy atom. The van der Waals surface area contributed by atoms with Crippen LogP contribution in [0, 0.1) is 6.92 Å². The van der Waals surface area contributed by atoms with Crippen molar-refractivity contribution in [1.82, 2.24) is 4.90 Å². The quantitative estimate of drug-likeness (QED) is 0.636. The summed E-state index contributed by atoms with van der Waals surface area (Å²) in [4.78, 5) is 30.1. The zero-order chi connectivity index (χ0) is 15.9. The Morgan fingerprint density at radius 2 is 1.82 bits per heavy atom. The number of rotatable bonds is 3. The van der Waals surface area contributed by atoms with Gasteiger partial charge in [0, 0.05) is 6.20 Å². The zero-order valence-corrected chi connectivity index (χ0v) is 13.0. The highest BCUT2D eigenvalue weighted by Crippen LogP contribution is 2.35. The van der Waals surface area contributed by atoms with Gasteiger partial charge in [0.1, 0.15) is 17.9 Å². The van der Waals surface area contributed by atoms with E-state index in [1.54, 1.807) is 4.90 Å². The van der Waals surface area contributed by atoms with Gasteiger partial charge in [-0.15, -0.1) is 0 Å². The Kier molecular flexibility index (Phi) is 3.71. The van der Waals surface area contributed by atoms with Crippen LogP contribution in [-0.4, -0.2) is 27.8 Å². The molecule has 3 rings (SSSR count). The first-order chi connectivity index (χ1) is 10.5. The van der Waals surface area contributed by atoms with E-state index in [1.807, 2.05) is 56.5 Å². The summed E-state index contributed by atoms with van der Waals surface area (Å²) in [5.41, 5.74) is 3.01. The van der Waals surface area contributed by atoms with Crippen LogP contribution in [0.25, 0.3) is 0 Å². The Balaban J connectivity index is 2.05. The number of ketones is 1. The van der Waals surface area contributed by atoms with Crippen LogP contribution >= 0.6 is 11.6 Å². The van der Waals surface area contributed by atoms with Crippen LogP contribution in [0.2, 0.25) is 0 Å². The maximum Gasteiger partial charge on any atom is 0.290 e. The van der Waals surface area contributed by atoms with E-state index in [4.69, 9.17) is 11.6 Å². The van der Waals surface area contributed by atoms with E-state index in [2.05, 4.69) is 4.99 Å². The molecule has 2 unspecified atom stereocenters. The van der Waals surface area contributed by atoms with E-state index in [0.29, 0.717) is 5.84 Å². The smallest absolute Gasteiger partial charge is 0.290 e.